The third kappa shape index (κ3) is 4.14. The summed E-state index contributed by atoms with van der Waals surface area (Å²) in [5.74, 6) is 1.66. The lowest BCUT2D eigenvalue weighted by Gasteiger charge is -2.21. The molecule has 0 aliphatic carbocycles. The number of rotatable bonds is 6. The number of likely N-dealkylation sites (tertiary alicyclic amines) is 2. The predicted molar refractivity (Wildman–Crippen MR) is 107 cm³/mol. The fourth-order valence-electron chi connectivity index (χ4n) is 4.23. The molecule has 2 saturated heterocycles. The first-order chi connectivity index (χ1) is 13.1. The fraction of sp³-hybridized carbons (Fsp3) is 0.476. The molecule has 2 atom stereocenters. The summed E-state index contributed by atoms with van der Waals surface area (Å²) >= 11 is 6.17. The molecule has 144 valence electrons. The van der Waals surface area contributed by atoms with E-state index < -0.39 is 0 Å². The van der Waals surface area contributed by atoms with Gasteiger partial charge in [-0.15, -0.1) is 0 Å². The average Bonchev–Trinajstić information content (AvgIpc) is 3.37. The van der Waals surface area contributed by atoms with Crippen molar-refractivity contribution < 1.29 is 9.21 Å². The van der Waals surface area contributed by atoms with Crippen LogP contribution in [0.3, 0.4) is 0 Å². The number of furan rings is 1. The summed E-state index contributed by atoms with van der Waals surface area (Å²) in [5, 5.41) is 4.26. The zero-order valence-electron chi connectivity index (χ0n) is 15.7. The molecular formula is C21H26ClN3O2. The number of anilines is 1. The zero-order chi connectivity index (χ0) is 18.8. The van der Waals surface area contributed by atoms with Crippen molar-refractivity contribution >= 4 is 23.2 Å². The van der Waals surface area contributed by atoms with E-state index in [1.807, 2.05) is 24.0 Å². The van der Waals surface area contributed by atoms with Crippen LogP contribution in [0.5, 0.6) is 0 Å². The molecule has 0 bridgehead atoms. The maximum absolute atomic E-state index is 12.4. The Morgan fingerprint density at radius 1 is 1.22 bits per heavy atom. The van der Waals surface area contributed by atoms with E-state index in [0.717, 1.165) is 62.0 Å². The summed E-state index contributed by atoms with van der Waals surface area (Å²) in [6.45, 7) is 7.91. The van der Waals surface area contributed by atoms with Crippen molar-refractivity contribution in [1.82, 2.24) is 9.80 Å². The highest BCUT2D eigenvalue weighted by Crippen LogP contribution is 2.32. The normalized spacial score (nSPS) is 22.2. The molecule has 2 unspecified atom stereocenters. The molecule has 1 N–H and O–H groups in total. The van der Waals surface area contributed by atoms with Crippen LogP contribution in [0.2, 0.25) is 5.02 Å². The van der Waals surface area contributed by atoms with Gasteiger partial charge in [0, 0.05) is 43.4 Å². The number of nitrogens with one attached hydrogen (secondary N) is 1. The van der Waals surface area contributed by atoms with E-state index in [1.165, 1.54) is 0 Å². The summed E-state index contributed by atoms with van der Waals surface area (Å²) < 4.78 is 5.25. The Bertz CT molecular complexity index is 779. The number of halogens is 1. The van der Waals surface area contributed by atoms with Crippen LogP contribution in [0.15, 0.2) is 41.0 Å². The minimum Gasteiger partial charge on any atom is -0.459 e. The van der Waals surface area contributed by atoms with E-state index in [-0.39, 0.29) is 5.91 Å². The lowest BCUT2D eigenvalue weighted by molar-refractivity contribution is 0.0742. The van der Waals surface area contributed by atoms with Gasteiger partial charge in [-0.1, -0.05) is 17.7 Å². The highest BCUT2D eigenvalue weighted by Gasteiger charge is 2.41. The molecule has 27 heavy (non-hydrogen) atoms. The largest absolute Gasteiger partial charge is 0.459 e. The van der Waals surface area contributed by atoms with Gasteiger partial charge in [-0.2, -0.15) is 0 Å². The third-order valence-corrected chi connectivity index (χ3v) is 6.14. The Balaban J connectivity index is 1.18. The van der Waals surface area contributed by atoms with Crippen molar-refractivity contribution in [3.8, 4) is 0 Å². The molecule has 6 heteroatoms. The molecule has 1 aromatic carbocycles. The zero-order valence-corrected chi connectivity index (χ0v) is 16.4. The minimum atomic E-state index is 0.0295. The lowest BCUT2D eigenvalue weighted by atomic mass is 10.0. The van der Waals surface area contributed by atoms with Crippen LogP contribution in [0.25, 0.3) is 0 Å². The molecule has 2 aliphatic heterocycles. The summed E-state index contributed by atoms with van der Waals surface area (Å²) in [4.78, 5) is 16.9. The molecule has 2 aromatic rings. The van der Waals surface area contributed by atoms with E-state index in [0.29, 0.717) is 17.6 Å². The van der Waals surface area contributed by atoms with Crippen molar-refractivity contribution in [2.45, 2.75) is 13.3 Å². The summed E-state index contributed by atoms with van der Waals surface area (Å²) in [6, 6.07) is 9.62. The number of hydrogen-bond donors (Lipinski definition) is 1. The highest BCUT2D eigenvalue weighted by atomic mass is 35.5. The van der Waals surface area contributed by atoms with E-state index in [2.05, 4.69) is 16.3 Å². The van der Waals surface area contributed by atoms with Gasteiger partial charge < -0.3 is 19.5 Å². The van der Waals surface area contributed by atoms with Crippen LogP contribution in [-0.4, -0.2) is 55.0 Å². The van der Waals surface area contributed by atoms with Crippen LogP contribution < -0.4 is 5.32 Å². The second kappa shape index (κ2) is 7.95. The van der Waals surface area contributed by atoms with Gasteiger partial charge in [-0.05, 0) is 61.6 Å². The van der Waals surface area contributed by atoms with Crippen molar-refractivity contribution in [2.75, 3.05) is 44.6 Å². The van der Waals surface area contributed by atoms with Crippen LogP contribution >= 0.6 is 11.6 Å². The molecule has 0 spiro atoms. The summed E-state index contributed by atoms with van der Waals surface area (Å²) in [6.07, 6.45) is 2.66. The van der Waals surface area contributed by atoms with Gasteiger partial charge in [0.25, 0.3) is 5.91 Å². The number of carbonyl (C=O) groups excluding carboxylic acids is 1. The van der Waals surface area contributed by atoms with Crippen LogP contribution in [0.4, 0.5) is 5.69 Å². The van der Waals surface area contributed by atoms with E-state index >= 15 is 0 Å². The number of nitrogens with zero attached hydrogens (tertiary/aromatic N) is 2. The van der Waals surface area contributed by atoms with E-state index in [9.17, 15) is 4.79 Å². The summed E-state index contributed by atoms with van der Waals surface area (Å²) in [7, 11) is 0. The maximum Gasteiger partial charge on any atom is 0.289 e. The topological polar surface area (TPSA) is 48.7 Å². The number of hydrogen-bond acceptors (Lipinski definition) is 4. The quantitative estimate of drug-likeness (QED) is 0.767. The molecule has 3 heterocycles. The molecule has 0 saturated carbocycles. The van der Waals surface area contributed by atoms with Crippen molar-refractivity contribution in [1.29, 1.82) is 0 Å². The Kier molecular flexibility index (Phi) is 5.41. The molecule has 0 radical (unpaired) electrons. The fourth-order valence-corrected chi connectivity index (χ4v) is 4.41. The van der Waals surface area contributed by atoms with Crippen molar-refractivity contribution in [3.63, 3.8) is 0 Å². The highest BCUT2D eigenvalue weighted by molar-refractivity contribution is 6.31. The van der Waals surface area contributed by atoms with Gasteiger partial charge in [-0.25, -0.2) is 0 Å². The average molecular weight is 388 g/mol. The van der Waals surface area contributed by atoms with Crippen molar-refractivity contribution in [2.24, 2.45) is 11.8 Å². The van der Waals surface area contributed by atoms with Gasteiger partial charge in [0.15, 0.2) is 5.76 Å². The molecular weight excluding hydrogens is 362 g/mol. The Hall–Kier alpha value is -1.98. The molecule has 5 nitrogen and oxygen atoms in total. The van der Waals surface area contributed by atoms with Crippen LogP contribution in [0, 0.1) is 18.8 Å². The van der Waals surface area contributed by atoms with Gasteiger partial charge in [0.2, 0.25) is 0 Å². The lowest BCUT2D eigenvalue weighted by Crippen LogP contribution is -2.33. The third-order valence-electron chi connectivity index (χ3n) is 5.73. The molecule has 1 amide bonds. The van der Waals surface area contributed by atoms with E-state index in [4.69, 9.17) is 16.0 Å². The standard InChI is InChI=1S/C21H26ClN3O2/c1-15-5-6-18(10-19(15)22)23-7-3-8-24-11-16-13-25(14-17(16)12-24)21(26)20-4-2-9-27-20/h2,4-6,9-10,16-17,23H,3,7-8,11-14H2,1H3. The molecule has 2 fully saturated rings. The van der Waals surface area contributed by atoms with Gasteiger partial charge in [0.05, 0.1) is 6.26 Å². The van der Waals surface area contributed by atoms with Crippen LogP contribution in [-0.2, 0) is 0 Å². The van der Waals surface area contributed by atoms with Gasteiger partial charge in [0.1, 0.15) is 0 Å². The number of aryl methyl sites for hydroxylation is 1. The smallest absolute Gasteiger partial charge is 0.289 e. The monoisotopic (exact) mass is 387 g/mol. The molecule has 4 rings (SSSR count). The Morgan fingerprint density at radius 2 is 2.00 bits per heavy atom. The first kappa shape index (κ1) is 18.4. The maximum atomic E-state index is 12.4. The number of carbonyl (C=O) groups is 1. The first-order valence-electron chi connectivity index (χ1n) is 9.65. The van der Waals surface area contributed by atoms with Gasteiger partial charge >= 0.3 is 0 Å². The number of fused-ring (bicyclic) bond motifs is 1. The molecule has 2 aliphatic rings. The van der Waals surface area contributed by atoms with Crippen LogP contribution in [0.1, 0.15) is 22.5 Å². The Morgan fingerprint density at radius 3 is 2.67 bits per heavy atom. The Labute approximate surface area is 165 Å². The summed E-state index contributed by atoms with van der Waals surface area (Å²) in [5.41, 5.74) is 2.18. The predicted octanol–water partition coefficient (Wildman–Crippen LogP) is 3.75. The minimum absolute atomic E-state index is 0.0295. The van der Waals surface area contributed by atoms with Gasteiger partial charge in [-0.3, -0.25) is 4.79 Å². The first-order valence-corrected chi connectivity index (χ1v) is 10.0. The molecule has 1 aromatic heterocycles. The SMILES string of the molecule is Cc1ccc(NCCCN2CC3CN(C(=O)c4ccco4)CC3C2)cc1Cl. The second-order valence-electron chi connectivity index (χ2n) is 7.71. The number of amides is 1. The second-order valence-corrected chi connectivity index (χ2v) is 8.12. The number of benzene rings is 1. The van der Waals surface area contributed by atoms with Crippen molar-refractivity contribution in [3.05, 3.63) is 52.9 Å². The van der Waals surface area contributed by atoms with E-state index in [1.54, 1.807) is 18.4 Å².